The lowest BCUT2D eigenvalue weighted by Gasteiger charge is -2.38. The minimum absolute atomic E-state index is 0. The van der Waals surface area contributed by atoms with Gasteiger partial charge in [0, 0.05) is 12.5 Å². The van der Waals surface area contributed by atoms with E-state index < -0.39 is 0 Å². The minimum atomic E-state index is -0.311. The largest absolute Gasteiger partial charge is 1.00 e. The average molecular weight is 292 g/mol. The van der Waals surface area contributed by atoms with E-state index in [1.807, 2.05) is 0 Å². The van der Waals surface area contributed by atoms with Crippen molar-refractivity contribution in [3.8, 4) is 0 Å². The summed E-state index contributed by atoms with van der Waals surface area (Å²) in [6, 6.07) is 0. The molecule has 4 heteroatoms. The maximum absolute atomic E-state index is 11.0. The molecule has 0 heterocycles. The van der Waals surface area contributed by atoms with Crippen LogP contribution in [0.25, 0.3) is 0 Å². The van der Waals surface area contributed by atoms with Crippen molar-refractivity contribution in [1.82, 2.24) is 0 Å². The molecule has 0 unspecified atom stereocenters. The van der Waals surface area contributed by atoms with Gasteiger partial charge in [-0.2, -0.15) is 0 Å². The number of quaternary nitrogens is 1. The van der Waals surface area contributed by atoms with Crippen LogP contribution < -0.4 is 12.4 Å². The smallest absolute Gasteiger partial charge is 0.330 e. The molecule has 0 saturated carbocycles. The number of nitrogens with zero attached hydrogens (tertiary/aromatic N) is 1. The van der Waals surface area contributed by atoms with E-state index >= 15 is 0 Å². The summed E-state index contributed by atoms with van der Waals surface area (Å²) < 4.78 is 6.23. The second kappa shape index (κ2) is 12.5. The van der Waals surface area contributed by atoms with E-state index in [0.717, 1.165) is 13.0 Å². The van der Waals surface area contributed by atoms with Crippen LogP contribution in [0.15, 0.2) is 12.7 Å². The van der Waals surface area contributed by atoms with Gasteiger partial charge in [0.2, 0.25) is 0 Å². The van der Waals surface area contributed by atoms with Gasteiger partial charge in [-0.25, -0.2) is 4.79 Å². The molecule has 3 nitrogen and oxygen atoms in total. The van der Waals surface area contributed by atoms with Crippen LogP contribution in [-0.2, 0) is 9.53 Å². The third-order valence-electron chi connectivity index (χ3n) is 3.28. The summed E-state index contributed by atoms with van der Waals surface area (Å²) in [4.78, 5) is 11.0. The topological polar surface area (TPSA) is 26.3 Å². The molecule has 0 spiro atoms. The van der Waals surface area contributed by atoms with Gasteiger partial charge in [0.1, 0.15) is 0 Å². The molecule has 0 bridgehead atoms. The van der Waals surface area contributed by atoms with Crippen LogP contribution in [-0.4, -0.2) is 43.2 Å². The second-order valence-corrected chi connectivity index (χ2v) is 4.96. The first-order valence-corrected chi connectivity index (χ1v) is 7.28. The predicted molar refractivity (Wildman–Crippen MR) is 76.4 cm³/mol. The zero-order chi connectivity index (χ0) is 13.9. The third-order valence-corrected chi connectivity index (χ3v) is 3.28. The molecule has 0 aromatic heterocycles. The Morgan fingerprint density at radius 2 is 1.53 bits per heavy atom. The molecular formula is C15H30ClNO2. The standard InChI is InChI=1S/C15H30NO2.ClH/c1-5-10-16(11-6-2,12-7-3)13-9-14-18-15(17)8-4;/h8H,4-7,9-14H2,1-3H3;1H/q+1;/p-1. The Hall–Kier alpha value is -0.540. The van der Waals surface area contributed by atoms with Crippen LogP contribution in [0.4, 0.5) is 0 Å². The van der Waals surface area contributed by atoms with E-state index in [1.54, 1.807) is 0 Å². The van der Waals surface area contributed by atoms with Crippen molar-refractivity contribution in [3.05, 3.63) is 12.7 Å². The summed E-state index contributed by atoms with van der Waals surface area (Å²) in [7, 11) is 0. The molecule has 0 atom stereocenters. The molecule has 0 fully saturated rings. The Labute approximate surface area is 125 Å². The first-order valence-electron chi connectivity index (χ1n) is 7.28. The van der Waals surface area contributed by atoms with Crippen LogP contribution in [0.5, 0.6) is 0 Å². The van der Waals surface area contributed by atoms with Gasteiger partial charge in [-0.05, 0) is 19.3 Å². The molecule has 0 aliphatic heterocycles. The lowest BCUT2D eigenvalue weighted by molar-refractivity contribution is -0.928. The molecule has 114 valence electrons. The SMILES string of the molecule is C=CC(=O)OCCC[N+](CCC)(CCC)CCC.[Cl-]. The molecular weight excluding hydrogens is 262 g/mol. The van der Waals surface area contributed by atoms with E-state index in [4.69, 9.17) is 4.74 Å². The van der Waals surface area contributed by atoms with Crippen LogP contribution in [0.2, 0.25) is 0 Å². The normalized spacial score (nSPS) is 10.7. The maximum Gasteiger partial charge on any atom is 0.330 e. The van der Waals surface area contributed by atoms with Crippen LogP contribution >= 0.6 is 0 Å². The van der Waals surface area contributed by atoms with E-state index in [9.17, 15) is 4.79 Å². The number of hydrogen-bond acceptors (Lipinski definition) is 2. The highest BCUT2D eigenvalue weighted by molar-refractivity contribution is 5.81. The van der Waals surface area contributed by atoms with Gasteiger partial charge in [-0.1, -0.05) is 27.4 Å². The Kier molecular flexibility index (Phi) is 13.7. The molecule has 0 radical (unpaired) electrons. The van der Waals surface area contributed by atoms with E-state index in [1.165, 1.54) is 49.5 Å². The van der Waals surface area contributed by atoms with E-state index in [-0.39, 0.29) is 18.4 Å². The number of ether oxygens (including phenoxy) is 1. The molecule has 0 saturated heterocycles. The second-order valence-electron chi connectivity index (χ2n) is 4.96. The van der Waals surface area contributed by atoms with Gasteiger partial charge in [0.15, 0.2) is 0 Å². The van der Waals surface area contributed by atoms with Gasteiger partial charge in [0.25, 0.3) is 0 Å². The highest BCUT2D eigenvalue weighted by Gasteiger charge is 2.23. The van der Waals surface area contributed by atoms with Gasteiger partial charge in [-0.3, -0.25) is 0 Å². The van der Waals surface area contributed by atoms with Gasteiger partial charge < -0.3 is 21.6 Å². The highest BCUT2D eigenvalue weighted by atomic mass is 35.5. The lowest BCUT2D eigenvalue weighted by Crippen LogP contribution is -3.00. The summed E-state index contributed by atoms with van der Waals surface area (Å²) in [5, 5.41) is 0. The van der Waals surface area contributed by atoms with E-state index in [2.05, 4.69) is 27.4 Å². The fraction of sp³-hybridized carbons (Fsp3) is 0.800. The molecule has 19 heavy (non-hydrogen) atoms. The van der Waals surface area contributed by atoms with Crippen molar-refractivity contribution in [2.24, 2.45) is 0 Å². The molecule has 0 N–H and O–H groups in total. The number of carbonyl (C=O) groups is 1. The van der Waals surface area contributed by atoms with Crippen molar-refractivity contribution in [2.75, 3.05) is 32.8 Å². The number of esters is 1. The van der Waals surface area contributed by atoms with Crippen molar-refractivity contribution in [3.63, 3.8) is 0 Å². The number of halogens is 1. The Bertz CT molecular complexity index is 227. The van der Waals surface area contributed by atoms with Crippen LogP contribution in [0.3, 0.4) is 0 Å². The van der Waals surface area contributed by atoms with Crippen molar-refractivity contribution in [2.45, 2.75) is 46.5 Å². The zero-order valence-electron chi connectivity index (χ0n) is 12.8. The van der Waals surface area contributed by atoms with E-state index in [0.29, 0.717) is 6.61 Å². The summed E-state index contributed by atoms with van der Waals surface area (Å²) in [6.07, 6.45) is 5.82. The summed E-state index contributed by atoms with van der Waals surface area (Å²) >= 11 is 0. The number of hydrogen-bond donors (Lipinski definition) is 0. The van der Waals surface area contributed by atoms with Crippen LogP contribution in [0, 0.1) is 0 Å². The predicted octanol–water partition coefficient (Wildman–Crippen LogP) is 0.157. The van der Waals surface area contributed by atoms with Crippen molar-refractivity contribution in [1.29, 1.82) is 0 Å². The Morgan fingerprint density at radius 1 is 1.05 bits per heavy atom. The zero-order valence-corrected chi connectivity index (χ0v) is 13.5. The third kappa shape index (κ3) is 9.06. The summed E-state index contributed by atoms with van der Waals surface area (Å²) in [5.74, 6) is -0.311. The fourth-order valence-electron chi connectivity index (χ4n) is 2.73. The molecule has 0 aliphatic rings. The monoisotopic (exact) mass is 291 g/mol. The molecule has 0 rings (SSSR count). The first-order chi connectivity index (χ1) is 8.64. The summed E-state index contributed by atoms with van der Waals surface area (Å²) in [5.41, 5.74) is 0. The Morgan fingerprint density at radius 3 is 1.89 bits per heavy atom. The van der Waals surface area contributed by atoms with Gasteiger partial charge in [0.05, 0.1) is 32.8 Å². The summed E-state index contributed by atoms with van der Waals surface area (Å²) in [6.45, 7) is 15.5. The Balaban J connectivity index is 0. The number of carbonyl (C=O) groups excluding carboxylic acids is 1. The quantitative estimate of drug-likeness (QED) is 0.235. The molecule has 0 amide bonds. The minimum Gasteiger partial charge on any atom is -1.00 e. The maximum atomic E-state index is 11.0. The van der Waals surface area contributed by atoms with Crippen molar-refractivity contribution >= 4 is 5.97 Å². The average Bonchev–Trinajstić information content (AvgIpc) is 2.35. The first kappa shape index (κ1) is 20.8. The van der Waals surface area contributed by atoms with Crippen molar-refractivity contribution < 1.29 is 26.4 Å². The highest BCUT2D eigenvalue weighted by Crippen LogP contribution is 2.13. The lowest BCUT2D eigenvalue weighted by atomic mass is 10.2. The molecule has 0 aliphatic carbocycles. The van der Waals surface area contributed by atoms with Crippen LogP contribution in [0.1, 0.15) is 46.5 Å². The molecule has 0 aromatic carbocycles. The fourth-order valence-corrected chi connectivity index (χ4v) is 2.73. The molecule has 0 aromatic rings. The van der Waals surface area contributed by atoms with Gasteiger partial charge in [-0.15, -0.1) is 0 Å². The number of rotatable bonds is 11. The van der Waals surface area contributed by atoms with Gasteiger partial charge >= 0.3 is 5.97 Å².